The molecule has 0 radical (unpaired) electrons. The highest BCUT2D eigenvalue weighted by Crippen LogP contribution is 2.74. The average Bonchev–Trinajstić information content (AvgIpc) is 3.14. The zero-order chi connectivity index (χ0) is 26.9. The Labute approximate surface area is 210 Å². The molecule has 2 aliphatic carbocycles. The Kier molecular flexibility index (Phi) is 5.65. The maximum absolute atomic E-state index is 14.6. The fraction of sp³-hybridized carbons (Fsp3) is 0.444. The van der Waals surface area contributed by atoms with E-state index < -0.39 is 51.7 Å². The van der Waals surface area contributed by atoms with Gasteiger partial charge < -0.3 is 15.0 Å². The molecule has 1 spiro atoms. The molecule has 2 aliphatic rings. The average molecular weight is 518 g/mol. The van der Waals surface area contributed by atoms with Gasteiger partial charge in [0.05, 0.1) is 18.0 Å². The second kappa shape index (κ2) is 8.29. The van der Waals surface area contributed by atoms with Crippen LogP contribution in [-0.2, 0) is 0 Å². The quantitative estimate of drug-likeness (QED) is 0.453. The lowest BCUT2D eigenvalue weighted by atomic mass is 9.85. The smallest absolute Gasteiger partial charge is 0.271 e. The van der Waals surface area contributed by atoms with E-state index in [1.165, 1.54) is 31.5 Å². The molecule has 0 saturated heterocycles. The van der Waals surface area contributed by atoms with Gasteiger partial charge in [0, 0.05) is 46.8 Å². The molecule has 1 aromatic carbocycles. The van der Waals surface area contributed by atoms with E-state index in [2.05, 4.69) is 15.3 Å². The second-order valence-electron chi connectivity index (χ2n) is 11.1. The minimum absolute atomic E-state index is 0.0295. The monoisotopic (exact) mass is 517 g/mol. The standard InChI is InChI=1S/C27H27F4N3O3/c1-25(2,3)34-24(36)22-20-17(7-8-32-22)33-18(9-19(20)35)15-11-26(12-27(26,30)31)10-14(15)13-5-6-16(28)21(29)23(13)37-4/h5-9,14-15H,10-12H2,1-4H3,(H,33,35)(H,34,36)/t14-,15?,26-/m0/s1. The summed E-state index contributed by atoms with van der Waals surface area (Å²) in [5, 5.41) is 2.87. The first kappa shape index (κ1) is 25.2. The van der Waals surface area contributed by atoms with Crippen molar-refractivity contribution in [1.82, 2.24) is 15.3 Å². The summed E-state index contributed by atoms with van der Waals surface area (Å²) in [7, 11) is 1.20. The topological polar surface area (TPSA) is 84.1 Å². The highest BCUT2D eigenvalue weighted by atomic mass is 19.3. The number of halogens is 4. The van der Waals surface area contributed by atoms with Crippen LogP contribution < -0.4 is 15.5 Å². The van der Waals surface area contributed by atoms with Gasteiger partial charge in [0.15, 0.2) is 17.0 Å². The maximum Gasteiger partial charge on any atom is 0.271 e. The Bertz CT molecular complexity index is 1480. The van der Waals surface area contributed by atoms with Gasteiger partial charge in [0.2, 0.25) is 5.82 Å². The van der Waals surface area contributed by atoms with Crippen molar-refractivity contribution in [2.75, 3.05) is 7.11 Å². The molecule has 1 unspecified atom stereocenters. The molecule has 10 heteroatoms. The Morgan fingerprint density at radius 2 is 1.84 bits per heavy atom. The third-order valence-electron chi connectivity index (χ3n) is 7.47. The van der Waals surface area contributed by atoms with E-state index in [0.29, 0.717) is 11.2 Å². The Morgan fingerprint density at radius 3 is 2.46 bits per heavy atom. The predicted molar refractivity (Wildman–Crippen MR) is 129 cm³/mol. The number of rotatable bonds is 4. The fourth-order valence-electron chi connectivity index (χ4n) is 5.73. The van der Waals surface area contributed by atoms with Crippen LogP contribution in [-0.4, -0.2) is 34.4 Å². The third-order valence-corrected chi connectivity index (χ3v) is 7.47. The highest BCUT2D eigenvalue weighted by Gasteiger charge is 2.74. The molecule has 3 atom stereocenters. The van der Waals surface area contributed by atoms with Crippen LogP contribution >= 0.6 is 0 Å². The van der Waals surface area contributed by atoms with Crippen molar-refractivity contribution in [3.05, 3.63) is 69.3 Å². The number of nitrogens with one attached hydrogen (secondary N) is 2. The van der Waals surface area contributed by atoms with Crippen LogP contribution in [0.3, 0.4) is 0 Å². The summed E-state index contributed by atoms with van der Waals surface area (Å²) in [6.07, 6.45) is 1.16. The number of pyridine rings is 2. The number of alkyl halides is 2. The number of nitrogens with zero attached hydrogens (tertiary/aromatic N) is 1. The number of hydrogen-bond donors (Lipinski definition) is 2. The molecular weight excluding hydrogens is 490 g/mol. The largest absolute Gasteiger partial charge is 0.493 e. The molecule has 0 bridgehead atoms. The van der Waals surface area contributed by atoms with Crippen molar-refractivity contribution >= 4 is 16.8 Å². The number of amides is 1. The zero-order valence-corrected chi connectivity index (χ0v) is 20.8. The number of carbonyl (C=O) groups excluding carboxylic acids is 1. The van der Waals surface area contributed by atoms with E-state index in [1.807, 2.05) is 0 Å². The van der Waals surface area contributed by atoms with Gasteiger partial charge in [0.25, 0.3) is 11.8 Å². The minimum Gasteiger partial charge on any atom is -0.493 e. The molecule has 2 fully saturated rings. The molecule has 2 heterocycles. The van der Waals surface area contributed by atoms with E-state index in [9.17, 15) is 27.2 Å². The molecule has 2 saturated carbocycles. The molecule has 2 N–H and O–H groups in total. The first-order valence-electron chi connectivity index (χ1n) is 12.0. The van der Waals surface area contributed by atoms with Gasteiger partial charge in [-0.2, -0.15) is 4.39 Å². The summed E-state index contributed by atoms with van der Waals surface area (Å²) in [6.45, 7) is 5.40. The summed E-state index contributed by atoms with van der Waals surface area (Å²) >= 11 is 0. The van der Waals surface area contributed by atoms with Crippen LogP contribution in [0.4, 0.5) is 17.6 Å². The molecular formula is C27H27F4N3O3. The van der Waals surface area contributed by atoms with Crippen molar-refractivity contribution in [1.29, 1.82) is 0 Å². The van der Waals surface area contributed by atoms with Gasteiger partial charge in [-0.3, -0.25) is 14.6 Å². The molecule has 6 nitrogen and oxygen atoms in total. The number of benzene rings is 1. The summed E-state index contributed by atoms with van der Waals surface area (Å²) < 4.78 is 62.7. The van der Waals surface area contributed by atoms with Gasteiger partial charge in [0.1, 0.15) is 5.69 Å². The maximum atomic E-state index is 14.6. The van der Waals surface area contributed by atoms with E-state index in [-0.39, 0.29) is 41.7 Å². The van der Waals surface area contributed by atoms with Crippen molar-refractivity contribution in [3.63, 3.8) is 0 Å². The molecule has 3 aromatic rings. The number of aromatic nitrogens is 2. The number of H-pyrrole nitrogens is 1. The Morgan fingerprint density at radius 1 is 1.16 bits per heavy atom. The van der Waals surface area contributed by atoms with Crippen LogP contribution in [0.15, 0.2) is 35.3 Å². The third kappa shape index (κ3) is 4.16. The molecule has 2 aromatic heterocycles. The van der Waals surface area contributed by atoms with Crippen molar-refractivity contribution < 1.29 is 27.1 Å². The summed E-state index contributed by atoms with van der Waals surface area (Å²) in [6, 6.07) is 5.14. The van der Waals surface area contributed by atoms with Gasteiger partial charge in [-0.05, 0) is 51.7 Å². The number of aromatic amines is 1. The molecule has 196 valence electrons. The van der Waals surface area contributed by atoms with Gasteiger partial charge in [-0.15, -0.1) is 0 Å². The van der Waals surface area contributed by atoms with Crippen LogP contribution in [0, 0.1) is 17.0 Å². The molecule has 5 rings (SSSR count). The van der Waals surface area contributed by atoms with Crippen molar-refractivity contribution in [3.8, 4) is 5.75 Å². The van der Waals surface area contributed by atoms with Crippen molar-refractivity contribution in [2.24, 2.45) is 5.41 Å². The Hall–Kier alpha value is -3.43. The van der Waals surface area contributed by atoms with E-state index in [1.54, 1.807) is 20.8 Å². The Balaban J connectivity index is 1.62. The van der Waals surface area contributed by atoms with E-state index >= 15 is 0 Å². The van der Waals surface area contributed by atoms with Crippen LogP contribution in [0.5, 0.6) is 5.75 Å². The number of hydrogen-bond acceptors (Lipinski definition) is 4. The number of fused-ring (bicyclic) bond motifs is 1. The van der Waals surface area contributed by atoms with Gasteiger partial charge in [-0.1, -0.05) is 6.07 Å². The lowest BCUT2D eigenvalue weighted by Gasteiger charge is -2.23. The second-order valence-corrected chi connectivity index (χ2v) is 11.1. The normalized spacial score (nSPS) is 24.4. The molecule has 0 aliphatic heterocycles. The summed E-state index contributed by atoms with van der Waals surface area (Å²) in [5.41, 5.74) is -1.41. The summed E-state index contributed by atoms with van der Waals surface area (Å²) in [4.78, 5) is 33.4. The van der Waals surface area contributed by atoms with Crippen LogP contribution in [0.2, 0.25) is 0 Å². The zero-order valence-electron chi connectivity index (χ0n) is 20.8. The van der Waals surface area contributed by atoms with Gasteiger partial charge >= 0.3 is 0 Å². The van der Waals surface area contributed by atoms with Crippen LogP contribution in [0.1, 0.15) is 73.6 Å². The van der Waals surface area contributed by atoms with Crippen molar-refractivity contribution in [2.45, 2.75) is 63.3 Å². The number of methoxy groups -OCH3 is 1. The van der Waals surface area contributed by atoms with E-state index in [0.717, 1.165) is 6.07 Å². The SMILES string of the molecule is COc1c([C@@H]2C[C@]3(CC2c2cc(=O)c4c(C(=O)NC(C)(C)C)nccc4[nH]2)CC3(F)F)ccc(F)c1F. The number of ether oxygens (including phenoxy) is 1. The molecule has 1 amide bonds. The fourth-order valence-corrected chi connectivity index (χ4v) is 5.73. The molecule has 37 heavy (non-hydrogen) atoms. The predicted octanol–water partition coefficient (Wildman–Crippen LogP) is 5.42. The van der Waals surface area contributed by atoms with E-state index in [4.69, 9.17) is 4.74 Å². The summed E-state index contributed by atoms with van der Waals surface area (Å²) in [5.74, 6) is -7.29. The van der Waals surface area contributed by atoms with Crippen LogP contribution in [0.25, 0.3) is 10.9 Å². The lowest BCUT2D eigenvalue weighted by molar-refractivity contribution is 0.0649. The first-order valence-corrected chi connectivity index (χ1v) is 12.0. The first-order chi connectivity index (χ1) is 17.3. The minimum atomic E-state index is -2.88. The van der Waals surface area contributed by atoms with Gasteiger partial charge in [-0.25, -0.2) is 13.2 Å². The lowest BCUT2D eigenvalue weighted by Crippen LogP contribution is -2.41. The highest BCUT2D eigenvalue weighted by molar-refractivity contribution is 6.04. The number of carbonyl (C=O) groups is 1.